The summed E-state index contributed by atoms with van der Waals surface area (Å²) in [5.74, 6) is -0.727. The molecule has 3 aromatic rings. The van der Waals surface area contributed by atoms with Gasteiger partial charge >= 0.3 is 6.18 Å². The molecule has 0 atom stereocenters. The lowest BCUT2D eigenvalue weighted by Gasteiger charge is -2.15. The molecule has 3 rings (SSSR count). The second kappa shape index (κ2) is 7.00. The number of benzene rings is 2. The number of rotatable bonds is 4. The van der Waals surface area contributed by atoms with Crippen LogP contribution in [0.2, 0.25) is 0 Å². The highest BCUT2D eigenvalue weighted by Gasteiger charge is 2.35. The van der Waals surface area contributed by atoms with Gasteiger partial charge in [-0.05, 0) is 19.1 Å². The number of nitrogens with zero attached hydrogens (tertiary/aromatic N) is 1. The standard InChI is InChI=1S/C20H15F3N2O/c1-13-10-11-15-8-5-9-16(19(15)24-13)25-18(20(21,22)23)12-17(26)14-6-3-2-4-7-14/h2-12,25H,1H3/b18-12+. The van der Waals surface area contributed by atoms with Crippen molar-refractivity contribution >= 4 is 22.4 Å². The van der Waals surface area contributed by atoms with Gasteiger partial charge < -0.3 is 5.32 Å². The summed E-state index contributed by atoms with van der Waals surface area (Å²) in [5, 5.41) is 3.05. The van der Waals surface area contributed by atoms with Gasteiger partial charge in [0, 0.05) is 22.7 Å². The van der Waals surface area contributed by atoms with Crippen LogP contribution >= 0.6 is 0 Å². The number of hydrogen-bond donors (Lipinski definition) is 1. The molecule has 26 heavy (non-hydrogen) atoms. The number of carbonyl (C=O) groups excluding carboxylic acids is 1. The van der Waals surface area contributed by atoms with Crippen molar-refractivity contribution in [2.75, 3.05) is 5.32 Å². The van der Waals surface area contributed by atoms with E-state index in [9.17, 15) is 18.0 Å². The van der Waals surface area contributed by atoms with Gasteiger partial charge in [-0.3, -0.25) is 9.78 Å². The number of fused-ring (bicyclic) bond motifs is 1. The maximum atomic E-state index is 13.5. The number of allylic oxidation sites excluding steroid dienone is 2. The maximum absolute atomic E-state index is 13.5. The van der Waals surface area contributed by atoms with Gasteiger partial charge in [0.2, 0.25) is 0 Å². The Morgan fingerprint density at radius 1 is 1.00 bits per heavy atom. The third kappa shape index (κ3) is 3.91. The van der Waals surface area contributed by atoms with E-state index in [2.05, 4.69) is 10.3 Å². The molecule has 0 radical (unpaired) electrons. The number of ketones is 1. The van der Waals surface area contributed by atoms with E-state index < -0.39 is 17.7 Å². The van der Waals surface area contributed by atoms with Gasteiger partial charge in [0.15, 0.2) is 5.78 Å². The third-order valence-corrected chi connectivity index (χ3v) is 3.77. The van der Waals surface area contributed by atoms with E-state index >= 15 is 0 Å². The number of anilines is 1. The summed E-state index contributed by atoms with van der Waals surface area (Å²) in [7, 11) is 0. The molecule has 0 spiro atoms. The lowest BCUT2D eigenvalue weighted by molar-refractivity contribution is -0.0903. The lowest BCUT2D eigenvalue weighted by atomic mass is 10.1. The fourth-order valence-corrected chi connectivity index (χ4v) is 2.50. The summed E-state index contributed by atoms with van der Waals surface area (Å²) in [6.07, 6.45) is -4.14. The van der Waals surface area contributed by atoms with Crippen LogP contribution in [0.1, 0.15) is 16.1 Å². The summed E-state index contributed by atoms with van der Waals surface area (Å²) in [5.41, 5.74) is 0.334. The number of nitrogens with one attached hydrogen (secondary N) is 1. The third-order valence-electron chi connectivity index (χ3n) is 3.77. The molecule has 0 saturated heterocycles. The number of hydrogen-bond acceptors (Lipinski definition) is 3. The Kier molecular flexibility index (Phi) is 4.75. The molecule has 3 nitrogen and oxygen atoms in total. The van der Waals surface area contributed by atoms with Gasteiger partial charge in [-0.1, -0.05) is 48.5 Å². The van der Waals surface area contributed by atoms with Crippen molar-refractivity contribution in [3.63, 3.8) is 0 Å². The Morgan fingerprint density at radius 2 is 1.73 bits per heavy atom. The summed E-state index contributed by atoms with van der Waals surface area (Å²) in [6, 6.07) is 16.3. The molecule has 0 aliphatic carbocycles. The fraction of sp³-hybridized carbons (Fsp3) is 0.100. The van der Waals surface area contributed by atoms with Crippen molar-refractivity contribution in [1.29, 1.82) is 0 Å². The number of aryl methyl sites for hydroxylation is 1. The van der Waals surface area contributed by atoms with Gasteiger partial charge in [0.25, 0.3) is 0 Å². The Labute approximate surface area is 148 Å². The minimum atomic E-state index is -4.71. The predicted octanol–water partition coefficient (Wildman–Crippen LogP) is 5.28. The first kappa shape index (κ1) is 17.7. The average Bonchev–Trinajstić information content (AvgIpc) is 2.61. The van der Waals surface area contributed by atoms with Gasteiger partial charge in [-0.25, -0.2) is 0 Å². The molecule has 0 aliphatic heterocycles. The Balaban J connectivity index is 2.02. The fourth-order valence-electron chi connectivity index (χ4n) is 2.50. The van der Waals surface area contributed by atoms with E-state index in [0.29, 0.717) is 22.7 Å². The van der Waals surface area contributed by atoms with Gasteiger partial charge in [0.05, 0.1) is 11.2 Å². The monoisotopic (exact) mass is 356 g/mol. The molecule has 1 N–H and O–H groups in total. The Hall–Kier alpha value is -3.15. The van der Waals surface area contributed by atoms with Crippen LogP contribution in [-0.2, 0) is 0 Å². The highest BCUT2D eigenvalue weighted by atomic mass is 19.4. The van der Waals surface area contributed by atoms with E-state index in [-0.39, 0.29) is 11.3 Å². The highest BCUT2D eigenvalue weighted by molar-refractivity contribution is 6.05. The number of aromatic nitrogens is 1. The van der Waals surface area contributed by atoms with Crippen LogP contribution < -0.4 is 5.32 Å². The van der Waals surface area contributed by atoms with E-state index in [1.165, 1.54) is 18.2 Å². The van der Waals surface area contributed by atoms with E-state index in [1.807, 2.05) is 0 Å². The van der Waals surface area contributed by atoms with Crippen LogP contribution in [0.15, 0.2) is 72.4 Å². The predicted molar refractivity (Wildman–Crippen MR) is 95.0 cm³/mol. The van der Waals surface area contributed by atoms with Crippen LogP contribution in [-0.4, -0.2) is 16.9 Å². The van der Waals surface area contributed by atoms with Crippen LogP contribution in [0, 0.1) is 6.92 Å². The van der Waals surface area contributed by atoms with Crippen molar-refractivity contribution in [1.82, 2.24) is 4.98 Å². The zero-order valence-electron chi connectivity index (χ0n) is 13.8. The molecule has 1 heterocycles. The summed E-state index contributed by atoms with van der Waals surface area (Å²) in [6.45, 7) is 1.76. The molecule has 0 fully saturated rings. The maximum Gasteiger partial charge on any atom is 0.431 e. The SMILES string of the molecule is Cc1ccc2cccc(N/C(=C/C(=O)c3ccccc3)C(F)(F)F)c2n1. The van der Waals surface area contributed by atoms with Gasteiger partial charge in [-0.15, -0.1) is 0 Å². The summed E-state index contributed by atoms with van der Waals surface area (Å²) in [4.78, 5) is 16.5. The van der Waals surface area contributed by atoms with E-state index in [4.69, 9.17) is 0 Å². The molecular weight excluding hydrogens is 341 g/mol. The van der Waals surface area contributed by atoms with Crippen molar-refractivity contribution in [2.45, 2.75) is 13.1 Å². The Bertz CT molecular complexity index is 979. The van der Waals surface area contributed by atoms with E-state index in [1.54, 1.807) is 49.4 Å². The van der Waals surface area contributed by atoms with Crippen LogP contribution in [0.5, 0.6) is 0 Å². The molecule has 0 bridgehead atoms. The molecular formula is C20H15F3N2O. The zero-order valence-corrected chi connectivity index (χ0v) is 13.8. The van der Waals surface area contributed by atoms with Crippen molar-refractivity contribution in [3.8, 4) is 0 Å². The van der Waals surface area contributed by atoms with Crippen LogP contribution in [0.4, 0.5) is 18.9 Å². The molecule has 6 heteroatoms. The smallest absolute Gasteiger partial charge is 0.350 e. The average molecular weight is 356 g/mol. The molecule has 132 valence electrons. The van der Waals surface area contributed by atoms with Gasteiger partial charge in [0.1, 0.15) is 5.70 Å². The first-order valence-corrected chi connectivity index (χ1v) is 7.86. The second-order valence-corrected chi connectivity index (χ2v) is 5.74. The highest BCUT2D eigenvalue weighted by Crippen LogP contribution is 2.30. The number of para-hydroxylation sites is 1. The van der Waals surface area contributed by atoms with Crippen LogP contribution in [0.3, 0.4) is 0 Å². The quantitative estimate of drug-likeness (QED) is 0.510. The number of carbonyl (C=O) groups is 1. The van der Waals surface area contributed by atoms with Gasteiger partial charge in [-0.2, -0.15) is 13.2 Å². The second-order valence-electron chi connectivity index (χ2n) is 5.74. The Morgan fingerprint density at radius 3 is 2.42 bits per heavy atom. The van der Waals surface area contributed by atoms with E-state index in [0.717, 1.165) is 0 Å². The minimum Gasteiger partial charge on any atom is -0.350 e. The number of pyridine rings is 1. The van der Waals surface area contributed by atoms with Crippen molar-refractivity contribution < 1.29 is 18.0 Å². The van der Waals surface area contributed by atoms with Crippen molar-refractivity contribution in [2.24, 2.45) is 0 Å². The molecule has 0 amide bonds. The number of alkyl halides is 3. The largest absolute Gasteiger partial charge is 0.431 e. The normalized spacial score (nSPS) is 12.2. The summed E-state index contributed by atoms with van der Waals surface area (Å²) < 4.78 is 40.4. The zero-order chi connectivity index (χ0) is 18.7. The molecule has 0 aliphatic rings. The first-order chi connectivity index (χ1) is 12.3. The summed E-state index contributed by atoms with van der Waals surface area (Å²) >= 11 is 0. The lowest BCUT2D eigenvalue weighted by Crippen LogP contribution is -2.21. The van der Waals surface area contributed by atoms with Crippen molar-refractivity contribution in [3.05, 3.63) is 83.7 Å². The van der Waals surface area contributed by atoms with Crippen LogP contribution in [0.25, 0.3) is 10.9 Å². The molecule has 1 aromatic heterocycles. The molecule has 2 aromatic carbocycles. The molecule has 0 unspecified atom stereocenters. The minimum absolute atomic E-state index is 0.183. The number of halogens is 3. The molecule has 0 saturated carbocycles. The topological polar surface area (TPSA) is 42.0 Å². The first-order valence-electron chi connectivity index (χ1n) is 7.86.